The Hall–Kier alpha value is -0.980. The van der Waals surface area contributed by atoms with Crippen LogP contribution in [0.4, 0.5) is 0 Å². The lowest BCUT2D eigenvalue weighted by molar-refractivity contribution is -0.182. The van der Waals surface area contributed by atoms with Gasteiger partial charge in [-0.15, -0.1) is 0 Å². The highest BCUT2D eigenvalue weighted by Gasteiger charge is 2.39. The van der Waals surface area contributed by atoms with Crippen LogP contribution < -0.4 is 0 Å². The molecule has 2 heterocycles. The van der Waals surface area contributed by atoms with Gasteiger partial charge in [-0.2, -0.15) is 0 Å². The first-order valence-electron chi connectivity index (χ1n) is 10.9. The SMILES string of the molecule is CC(C)N1CCC(CC(=O)OC(C)(C)N2CCC(C(=O)C(C)(C)O)CC2)CC1. The number of aliphatic hydroxyl groups is 1. The van der Waals surface area contributed by atoms with E-state index in [-0.39, 0.29) is 17.7 Å². The van der Waals surface area contributed by atoms with Gasteiger partial charge in [0.15, 0.2) is 11.5 Å². The molecule has 28 heavy (non-hydrogen) atoms. The molecule has 1 N–H and O–H groups in total. The number of ether oxygens (including phenoxy) is 1. The highest BCUT2D eigenvalue weighted by Crippen LogP contribution is 2.29. The molecular weight excluding hydrogens is 356 g/mol. The normalized spacial score (nSPS) is 21.9. The maximum absolute atomic E-state index is 12.5. The van der Waals surface area contributed by atoms with Crippen LogP contribution in [0.25, 0.3) is 0 Å². The zero-order valence-electron chi connectivity index (χ0n) is 18.7. The maximum Gasteiger partial charge on any atom is 0.307 e. The van der Waals surface area contributed by atoms with Crippen molar-refractivity contribution < 1.29 is 19.4 Å². The Morgan fingerprint density at radius 1 is 1.00 bits per heavy atom. The van der Waals surface area contributed by atoms with Crippen molar-refractivity contribution in [3.05, 3.63) is 0 Å². The van der Waals surface area contributed by atoms with Gasteiger partial charge in [0.25, 0.3) is 0 Å². The van der Waals surface area contributed by atoms with E-state index in [0.29, 0.717) is 44.3 Å². The van der Waals surface area contributed by atoms with Crippen molar-refractivity contribution in [2.45, 2.75) is 91.0 Å². The zero-order chi connectivity index (χ0) is 21.1. The third-order valence-corrected chi connectivity index (χ3v) is 6.43. The van der Waals surface area contributed by atoms with E-state index >= 15 is 0 Å². The topological polar surface area (TPSA) is 70.1 Å². The number of carbonyl (C=O) groups is 2. The standard InChI is InChI=1S/C22H40N2O4/c1-16(2)23-11-7-17(8-12-23)15-19(25)28-22(5,6)24-13-9-18(10-14-24)20(26)21(3,4)27/h16-18,27H,7-15H2,1-6H3. The monoisotopic (exact) mass is 396 g/mol. The van der Waals surface area contributed by atoms with Gasteiger partial charge in [-0.1, -0.05) is 0 Å². The molecule has 0 aromatic rings. The van der Waals surface area contributed by atoms with E-state index in [2.05, 4.69) is 23.6 Å². The number of Topliss-reactive ketones (excluding diaryl/α,β-unsaturated/α-hetero) is 1. The van der Waals surface area contributed by atoms with Crippen LogP contribution >= 0.6 is 0 Å². The molecule has 2 saturated heterocycles. The fourth-order valence-electron chi connectivity index (χ4n) is 4.47. The summed E-state index contributed by atoms with van der Waals surface area (Å²) in [7, 11) is 0. The van der Waals surface area contributed by atoms with Gasteiger partial charge in [0.1, 0.15) is 5.60 Å². The quantitative estimate of drug-likeness (QED) is 0.668. The molecule has 0 aromatic heterocycles. The van der Waals surface area contributed by atoms with Crippen LogP contribution in [-0.2, 0) is 14.3 Å². The molecule has 0 bridgehead atoms. The number of hydrogen-bond acceptors (Lipinski definition) is 6. The van der Waals surface area contributed by atoms with Crippen molar-refractivity contribution in [3.63, 3.8) is 0 Å². The summed E-state index contributed by atoms with van der Waals surface area (Å²) in [5, 5.41) is 9.95. The van der Waals surface area contributed by atoms with E-state index in [1.54, 1.807) is 13.8 Å². The number of piperidine rings is 2. The summed E-state index contributed by atoms with van der Waals surface area (Å²) >= 11 is 0. The Kier molecular flexibility index (Phi) is 7.68. The van der Waals surface area contributed by atoms with Gasteiger partial charge < -0.3 is 14.7 Å². The summed E-state index contributed by atoms with van der Waals surface area (Å²) in [5.74, 6) is 0.0831. The fourth-order valence-corrected chi connectivity index (χ4v) is 4.47. The van der Waals surface area contributed by atoms with E-state index in [0.717, 1.165) is 25.9 Å². The lowest BCUT2D eigenvalue weighted by atomic mass is 9.84. The van der Waals surface area contributed by atoms with Gasteiger partial charge in [0.05, 0.1) is 0 Å². The van der Waals surface area contributed by atoms with Crippen molar-refractivity contribution in [3.8, 4) is 0 Å². The molecule has 0 aromatic carbocycles. The predicted octanol–water partition coefficient (Wildman–Crippen LogP) is 2.83. The summed E-state index contributed by atoms with van der Waals surface area (Å²) in [6.45, 7) is 14.9. The molecule has 0 unspecified atom stereocenters. The van der Waals surface area contributed by atoms with Gasteiger partial charge in [-0.25, -0.2) is 0 Å². The van der Waals surface area contributed by atoms with Gasteiger partial charge in [0, 0.05) is 31.5 Å². The third kappa shape index (κ3) is 6.26. The lowest BCUT2D eigenvalue weighted by Gasteiger charge is -2.42. The van der Waals surface area contributed by atoms with Crippen molar-refractivity contribution in [2.75, 3.05) is 26.2 Å². The summed E-state index contributed by atoms with van der Waals surface area (Å²) in [4.78, 5) is 29.4. The second-order valence-electron chi connectivity index (χ2n) is 9.88. The lowest BCUT2D eigenvalue weighted by Crippen LogP contribution is -2.52. The molecule has 2 aliphatic rings. The van der Waals surface area contributed by atoms with Crippen molar-refractivity contribution in [1.29, 1.82) is 0 Å². The summed E-state index contributed by atoms with van der Waals surface area (Å²) < 4.78 is 5.86. The molecule has 2 rings (SSSR count). The van der Waals surface area contributed by atoms with Crippen molar-refractivity contribution in [2.24, 2.45) is 11.8 Å². The van der Waals surface area contributed by atoms with Crippen LogP contribution in [0.3, 0.4) is 0 Å². The highest BCUT2D eigenvalue weighted by molar-refractivity contribution is 5.88. The molecule has 0 aliphatic carbocycles. The average molecular weight is 397 g/mol. The third-order valence-electron chi connectivity index (χ3n) is 6.43. The molecule has 0 atom stereocenters. The van der Waals surface area contributed by atoms with E-state index < -0.39 is 11.3 Å². The molecule has 2 fully saturated rings. The summed E-state index contributed by atoms with van der Waals surface area (Å²) in [6.07, 6.45) is 3.98. The smallest absolute Gasteiger partial charge is 0.307 e. The van der Waals surface area contributed by atoms with E-state index in [1.165, 1.54) is 0 Å². The van der Waals surface area contributed by atoms with Crippen LogP contribution in [-0.4, -0.2) is 70.2 Å². The largest absolute Gasteiger partial charge is 0.444 e. The Morgan fingerprint density at radius 3 is 2.00 bits per heavy atom. The van der Waals surface area contributed by atoms with Crippen molar-refractivity contribution >= 4 is 11.8 Å². The molecule has 0 radical (unpaired) electrons. The van der Waals surface area contributed by atoms with Crippen LogP contribution in [0, 0.1) is 11.8 Å². The highest BCUT2D eigenvalue weighted by atomic mass is 16.6. The Labute approximate surface area is 170 Å². The van der Waals surface area contributed by atoms with Crippen LogP contribution in [0.1, 0.15) is 73.6 Å². The number of likely N-dealkylation sites (tertiary alicyclic amines) is 2. The van der Waals surface area contributed by atoms with Gasteiger partial charge >= 0.3 is 5.97 Å². The van der Waals surface area contributed by atoms with Crippen LogP contribution in [0.2, 0.25) is 0 Å². The second kappa shape index (κ2) is 9.23. The minimum Gasteiger partial charge on any atom is -0.444 e. The molecule has 6 heteroatoms. The Bertz CT molecular complexity index is 537. The number of hydrogen-bond donors (Lipinski definition) is 1. The number of ketones is 1. The molecule has 6 nitrogen and oxygen atoms in total. The first-order valence-corrected chi connectivity index (χ1v) is 10.9. The van der Waals surface area contributed by atoms with Gasteiger partial charge in [0.2, 0.25) is 0 Å². The molecule has 162 valence electrons. The molecule has 0 saturated carbocycles. The number of rotatable bonds is 7. The van der Waals surface area contributed by atoms with Crippen LogP contribution in [0.15, 0.2) is 0 Å². The van der Waals surface area contributed by atoms with E-state index in [1.807, 2.05) is 13.8 Å². The number of nitrogens with zero attached hydrogens (tertiary/aromatic N) is 2. The summed E-state index contributed by atoms with van der Waals surface area (Å²) in [5.41, 5.74) is -1.95. The Balaban J connectivity index is 1.79. The summed E-state index contributed by atoms with van der Waals surface area (Å²) in [6, 6.07) is 0.568. The van der Waals surface area contributed by atoms with Crippen LogP contribution in [0.5, 0.6) is 0 Å². The number of carbonyl (C=O) groups excluding carboxylic acids is 2. The number of esters is 1. The van der Waals surface area contributed by atoms with E-state index in [9.17, 15) is 14.7 Å². The molecule has 0 spiro atoms. The molecule has 0 amide bonds. The first-order chi connectivity index (χ1) is 12.9. The van der Waals surface area contributed by atoms with Crippen molar-refractivity contribution in [1.82, 2.24) is 9.80 Å². The molecular formula is C22H40N2O4. The minimum atomic E-state index is -1.28. The fraction of sp³-hybridized carbons (Fsp3) is 0.909. The molecule has 2 aliphatic heterocycles. The Morgan fingerprint density at radius 2 is 1.54 bits per heavy atom. The second-order valence-corrected chi connectivity index (χ2v) is 9.88. The maximum atomic E-state index is 12.5. The average Bonchev–Trinajstić information content (AvgIpc) is 2.60. The first kappa shape index (κ1) is 23.3. The van der Waals surface area contributed by atoms with Gasteiger partial charge in [-0.3, -0.25) is 14.5 Å². The zero-order valence-corrected chi connectivity index (χ0v) is 18.7. The minimum absolute atomic E-state index is 0.0882. The van der Waals surface area contributed by atoms with Gasteiger partial charge in [-0.05, 0) is 86.2 Å². The van der Waals surface area contributed by atoms with E-state index in [4.69, 9.17) is 4.74 Å². The predicted molar refractivity (Wildman–Crippen MR) is 110 cm³/mol.